The molecular formula is C20H25N5O3. The van der Waals surface area contributed by atoms with Crippen molar-refractivity contribution in [1.29, 1.82) is 0 Å². The largest absolute Gasteiger partial charge is 0.384 e. The fourth-order valence-corrected chi connectivity index (χ4v) is 4.42. The molecule has 2 heterocycles. The van der Waals surface area contributed by atoms with Gasteiger partial charge in [-0.15, -0.1) is 5.10 Å². The van der Waals surface area contributed by atoms with Crippen LogP contribution in [0.15, 0.2) is 36.5 Å². The molecule has 1 aromatic carbocycles. The van der Waals surface area contributed by atoms with Crippen molar-refractivity contribution in [3.8, 4) is 5.69 Å². The van der Waals surface area contributed by atoms with E-state index in [2.05, 4.69) is 20.8 Å². The second kappa shape index (κ2) is 8.10. The highest BCUT2D eigenvalue weighted by atomic mass is 16.5. The Balaban J connectivity index is 1.38. The number of nitrogens with one attached hydrogen (secondary N) is 2. The van der Waals surface area contributed by atoms with Crippen LogP contribution in [-0.4, -0.2) is 52.6 Å². The summed E-state index contributed by atoms with van der Waals surface area (Å²) in [4.78, 5) is 26.1. The first kappa shape index (κ1) is 18.6. The molecule has 1 saturated carbocycles. The second-order valence-corrected chi connectivity index (χ2v) is 7.60. The van der Waals surface area contributed by atoms with Crippen LogP contribution >= 0.6 is 0 Å². The molecule has 148 valence electrons. The van der Waals surface area contributed by atoms with Gasteiger partial charge in [-0.3, -0.25) is 9.59 Å². The molecule has 1 aromatic heterocycles. The van der Waals surface area contributed by atoms with Crippen molar-refractivity contribution in [2.75, 3.05) is 13.7 Å². The molecule has 8 nitrogen and oxygen atoms in total. The van der Waals surface area contributed by atoms with Crippen LogP contribution in [-0.2, 0) is 9.53 Å². The van der Waals surface area contributed by atoms with Crippen molar-refractivity contribution in [2.24, 2.45) is 11.8 Å². The third-order valence-electron chi connectivity index (χ3n) is 5.73. The standard InChI is InChI=1S/C20H25N5O3/c1-28-12-13-9-19(26)23-17-10-14(7-8-16(13)17)22-20(27)18-11-21-25(24-18)15-5-3-2-4-6-15/h2-6,11,13-14,16-17H,7-10,12H2,1H3,(H,22,27)(H,23,26). The summed E-state index contributed by atoms with van der Waals surface area (Å²) in [5, 5.41) is 14.6. The molecule has 0 spiro atoms. The quantitative estimate of drug-likeness (QED) is 0.811. The predicted octanol–water partition coefficient (Wildman–Crippen LogP) is 1.32. The van der Waals surface area contributed by atoms with Gasteiger partial charge in [0, 0.05) is 32.2 Å². The third-order valence-corrected chi connectivity index (χ3v) is 5.73. The minimum Gasteiger partial charge on any atom is -0.384 e. The van der Waals surface area contributed by atoms with Crippen LogP contribution in [0, 0.1) is 11.8 Å². The van der Waals surface area contributed by atoms with Crippen molar-refractivity contribution in [1.82, 2.24) is 25.6 Å². The number of hydrogen-bond donors (Lipinski definition) is 2. The van der Waals surface area contributed by atoms with Gasteiger partial charge in [-0.1, -0.05) is 18.2 Å². The molecule has 4 unspecified atom stereocenters. The first-order valence-electron chi connectivity index (χ1n) is 9.71. The number of amides is 2. The Hall–Kier alpha value is -2.74. The zero-order chi connectivity index (χ0) is 19.5. The number of rotatable bonds is 5. The summed E-state index contributed by atoms with van der Waals surface area (Å²) >= 11 is 0. The Morgan fingerprint density at radius 1 is 1.32 bits per heavy atom. The molecule has 2 aliphatic rings. The SMILES string of the molecule is COCC1CC(=O)NC2CC(NC(=O)c3cnn(-c4ccccc4)n3)CCC12. The minimum atomic E-state index is -0.235. The third kappa shape index (κ3) is 3.91. The lowest BCUT2D eigenvalue weighted by Crippen LogP contribution is -2.56. The summed E-state index contributed by atoms with van der Waals surface area (Å²) in [5.74, 6) is 0.498. The number of fused-ring (bicyclic) bond motifs is 1. The van der Waals surface area contributed by atoms with E-state index in [1.165, 1.54) is 11.0 Å². The summed E-state index contributed by atoms with van der Waals surface area (Å²) in [6.07, 6.45) is 4.57. The van der Waals surface area contributed by atoms with Crippen molar-refractivity contribution < 1.29 is 14.3 Å². The van der Waals surface area contributed by atoms with Gasteiger partial charge in [0.25, 0.3) is 5.91 Å². The molecular weight excluding hydrogens is 358 g/mol. The number of benzene rings is 1. The summed E-state index contributed by atoms with van der Waals surface area (Å²) in [6.45, 7) is 0.605. The van der Waals surface area contributed by atoms with E-state index in [-0.39, 0.29) is 35.5 Å². The molecule has 2 fully saturated rings. The fourth-order valence-electron chi connectivity index (χ4n) is 4.42. The summed E-state index contributed by atoms with van der Waals surface area (Å²) in [6, 6.07) is 9.56. The van der Waals surface area contributed by atoms with Crippen LogP contribution < -0.4 is 10.6 Å². The number of nitrogens with zero attached hydrogens (tertiary/aromatic N) is 3. The van der Waals surface area contributed by atoms with Crippen molar-refractivity contribution in [3.05, 3.63) is 42.2 Å². The lowest BCUT2D eigenvalue weighted by atomic mass is 9.71. The van der Waals surface area contributed by atoms with E-state index < -0.39 is 0 Å². The lowest BCUT2D eigenvalue weighted by molar-refractivity contribution is -0.128. The normalized spacial score (nSPS) is 27.0. The number of hydrogen-bond acceptors (Lipinski definition) is 5. The van der Waals surface area contributed by atoms with E-state index in [1.54, 1.807) is 7.11 Å². The Labute approximate surface area is 163 Å². The average molecular weight is 383 g/mol. The van der Waals surface area contributed by atoms with Crippen molar-refractivity contribution in [2.45, 2.75) is 37.8 Å². The van der Waals surface area contributed by atoms with E-state index in [9.17, 15) is 9.59 Å². The Kier molecular flexibility index (Phi) is 5.38. The minimum absolute atomic E-state index is 0.0113. The highest BCUT2D eigenvalue weighted by Crippen LogP contribution is 2.35. The van der Waals surface area contributed by atoms with E-state index >= 15 is 0 Å². The molecule has 0 radical (unpaired) electrons. The molecule has 1 aliphatic carbocycles. The Morgan fingerprint density at radius 3 is 2.93 bits per heavy atom. The Morgan fingerprint density at radius 2 is 2.14 bits per heavy atom. The molecule has 1 saturated heterocycles. The molecule has 1 aliphatic heterocycles. The van der Waals surface area contributed by atoms with Crippen LogP contribution in [0.2, 0.25) is 0 Å². The molecule has 2 aromatic rings. The zero-order valence-electron chi connectivity index (χ0n) is 15.9. The molecule has 2 amide bonds. The maximum atomic E-state index is 12.6. The smallest absolute Gasteiger partial charge is 0.273 e. The number of piperidine rings is 1. The van der Waals surface area contributed by atoms with E-state index in [0.717, 1.165) is 24.9 Å². The zero-order valence-corrected chi connectivity index (χ0v) is 15.9. The lowest BCUT2D eigenvalue weighted by Gasteiger charge is -2.43. The van der Waals surface area contributed by atoms with Crippen LogP contribution in [0.5, 0.6) is 0 Å². The summed E-state index contributed by atoms with van der Waals surface area (Å²) in [5.41, 5.74) is 1.09. The number of methoxy groups -OCH3 is 1. The van der Waals surface area contributed by atoms with Crippen molar-refractivity contribution in [3.63, 3.8) is 0 Å². The van der Waals surface area contributed by atoms with Crippen LogP contribution in [0.4, 0.5) is 0 Å². The second-order valence-electron chi connectivity index (χ2n) is 7.60. The summed E-state index contributed by atoms with van der Waals surface area (Å²) < 4.78 is 5.30. The predicted molar refractivity (Wildman–Crippen MR) is 102 cm³/mol. The van der Waals surface area contributed by atoms with Gasteiger partial charge in [0.2, 0.25) is 5.91 Å². The van der Waals surface area contributed by atoms with E-state index in [1.807, 2.05) is 30.3 Å². The van der Waals surface area contributed by atoms with Gasteiger partial charge in [-0.05, 0) is 43.2 Å². The highest BCUT2D eigenvalue weighted by molar-refractivity contribution is 5.92. The number of carbonyl (C=O) groups excluding carboxylic acids is 2. The topological polar surface area (TPSA) is 98.1 Å². The van der Waals surface area contributed by atoms with E-state index in [4.69, 9.17) is 4.74 Å². The fraction of sp³-hybridized carbons (Fsp3) is 0.500. The van der Waals surface area contributed by atoms with Gasteiger partial charge in [-0.2, -0.15) is 9.90 Å². The number of aromatic nitrogens is 3. The van der Waals surface area contributed by atoms with Gasteiger partial charge in [-0.25, -0.2) is 0 Å². The molecule has 8 heteroatoms. The number of carbonyl (C=O) groups is 2. The van der Waals surface area contributed by atoms with Gasteiger partial charge in [0.05, 0.1) is 11.9 Å². The number of para-hydroxylation sites is 1. The van der Waals surface area contributed by atoms with Crippen LogP contribution in [0.25, 0.3) is 5.69 Å². The maximum absolute atomic E-state index is 12.6. The van der Waals surface area contributed by atoms with Gasteiger partial charge >= 0.3 is 0 Å². The average Bonchev–Trinajstić information content (AvgIpc) is 3.19. The van der Waals surface area contributed by atoms with Gasteiger partial charge in [0.15, 0.2) is 5.69 Å². The molecule has 0 bridgehead atoms. The molecule has 2 N–H and O–H groups in total. The van der Waals surface area contributed by atoms with E-state index in [0.29, 0.717) is 18.9 Å². The maximum Gasteiger partial charge on any atom is 0.273 e. The first-order chi connectivity index (χ1) is 13.6. The van der Waals surface area contributed by atoms with Crippen LogP contribution in [0.3, 0.4) is 0 Å². The monoisotopic (exact) mass is 383 g/mol. The van der Waals surface area contributed by atoms with Gasteiger partial charge in [0.1, 0.15) is 0 Å². The first-order valence-corrected chi connectivity index (χ1v) is 9.71. The van der Waals surface area contributed by atoms with Crippen LogP contribution in [0.1, 0.15) is 36.2 Å². The number of ether oxygens (including phenoxy) is 1. The van der Waals surface area contributed by atoms with Crippen molar-refractivity contribution >= 4 is 11.8 Å². The Bertz CT molecular complexity index is 837. The summed E-state index contributed by atoms with van der Waals surface area (Å²) in [7, 11) is 1.68. The molecule has 4 rings (SSSR count). The highest BCUT2D eigenvalue weighted by Gasteiger charge is 2.41. The molecule has 4 atom stereocenters. The van der Waals surface area contributed by atoms with Gasteiger partial charge < -0.3 is 15.4 Å². The molecule has 28 heavy (non-hydrogen) atoms.